The number of aromatic amines is 1. The second kappa shape index (κ2) is 13.7. The molecule has 40 heavy (non-hydrogen) atoms. The van der Waals surface area contributed by atoms with Crippen LogP contribution in [0.5, 0.6) is 0 Å². The first-order chi connectivity index (χ1) is 19.3. The summed E-state index contributed by atoms with van der Waals surface area (Å²) in [5.74, 6) is -3.17. The Morgan fingerprint density at radius 3 is 2.38 bits per heavy atom. The molecule has 0 spiro atoms. The number of aliphatic hydroxyl groups excluding tert-OH is 2. The van der Waals surface area contributed by atoms with Crippen LogP contribution in [0.2, 0.25) is 0 Å². The van der Waals surface area contributed by atoms with Crippen molar-refractivity contribution in [2.75, 3.05) is 13.2 Å². The highest BCUT2D eigenvalue weighted by atomic mass is 16.6. The van der Waals surface area contributed by atoms with Crippen molar-refractivity contribution in [2.24, 2.45) is 23.3 Å². The van der Waals surface area contributed by atoms with Gasteiger partial charge in [0.2, 0.25) is 11.8 Å². The van der Waals surface area contributed by atoms with E-state index in [-0.39, 0.29) is 25.0 Å². The van der Waals surface area contributed by atoms with E-state index in [0.717, 1.165) is 44.9 Å². The molecule has 12 nitrogen and oxygen atoms in total. The zero-order chi connectivity index (χ0) is 28.6. The zero-order valence-corrected chi connectivity index (χ0v) is 22.6. The summed E-state index contributed by atoms with van der Waals surface area (Å²) >= 11 is 0. The molecule has 2 aromatic rings. The van der Waals surface area contributed by atoms with Gasteiger partial charge in [-0.15, -0.1) is 0 Å². The number of nitrogens with two attached hydrogens (primary N) is 2. The SMILES string of the molecule is NC(=O)C(COC(=O)N(CC(C(N)=O)c1c[nH]cn1)[C@@H](CC1CCCCC1)[C@@H](O)[C@@H](O)C1CC1)c1cccnc1. The smallest absolute Gasteiger partial charge is 0.410 e. The number of primary amides is 2. The van der Waals surface area contributed by atoms with E-state index in [1.807, 2.05) is 0 Å². The van der Waals surface area contributed by atoms with Crippen molar-refractivity contribution in [1.29, 1.82) is 0 Å². The standard InChI is InChI=1S/C28H40N6O6/c29-26(37)20(22-13-32-16-33-22)14-34(28(39)40-15-21(27(30)38)19-7-4-10-31-12-19)23(11-17-5-2-1-3-6-17)25(36)24(35)18-8-9-18/h4,7,10,12-13,16-18,20-21,23-25,35-36H,1-3,5-6,8-9,11,14-15H2,(H2,29,37)(H2,30,38)(H,32,33)/t20?,21?,23-,24-,25+/m0/s1. The van der Waals surface area contributed by atoms with Crippen molar-refractivity contribution in [3.63, 3.8) is 0 Å². The molecule has 3 amide bonds. The summed E-state index contributed by atoms with van der Waals surface area (Å²) in [5, 5.41) is 22.4. The third-order valence-electron chi connectivity index (χ3n) is 8.19. The number of aliphatic hydroxyl groups is 2. The quantitative estimate of drug-likeness (QED) is 0.231. The van der Waals surface area contributed by atoms with E-state index in [2.05, 4.69) is 15.0 Å². The Morgan fingerprint density at radius 2 is 1.80 bits per heavy atom. The molecule has 0 saturated heterocycles. The van der Waals surface area contributed by atoms with Gasteiger partial charge in [0.15, 0.2) is 0 Å². The summed E-state index contributed by atoms with van der Waals surface area (Å²) in [7, 11) is 0. The van der Waals surface area contributed by atoms with E-state index in [9.17, 15) is 24.6 Å². The second-order valence-corrected chi connectivity index (χ2v) is 11.0. The minimum Gasteiger partial charge on any atom is -0.448 e. The Balaban J connectivity index is 1.63. The Bertz CT molecular complexity index is 1110. The number of rotatable bonds is 14. The first-order valence-corrected chi connectivity index (χ1v) is 14.0. The first-order valence-electron chi connectivity index (χ1n) is 14.0. The second-order valence-electron chi connectivity index (χ2n) is 11.0. The van der Waals surface area contributed by atoms with Gasteiger partial charge in [-0.3, -0.25) is 14.6 Å². The lowest BCUT2D eigenvalue weighted by Crippen LogP contribution is -2.54. The summed E-state index contributed by atoms with van der Waals surface area (Å²) in [6, 6.07) is 2.46. The van der Waals surface area contributed by atoms with E-state index in [1.54, 1.807) is 18.3 Å². The van der Waals surface area contributed by atoms with Gasteiger partial charge in [-0.25, -0.2) is 9.78 Å². The molecule has 2 saturated carbocycles. The number of carbonyl (C=O) groups is 3. The topological polar surface area (TPSA) is 198 Å². The molecule has 0 bridgehead atoms. The van der Waals surface area contributed by atoms with Crippen LogP contribution >= 0.6 is 0 Å². The molecule has 2 heterocycles. The molecular formula is C28H40N6O6. The number of hydrogen-bond acceptors (Lipinski definition) is 8. The monoisotopic (exact) mass is 556 g/mol. The number of ether oxygens (including phenoxy) is 1. The molecule has 0 radical (unpaired) electrons. The normalized spacial score (nSPS) is 19.6. The Hall–Kier alpha value is -3.51. The summed E-state index contributed by atoms with van der Waals surface area (Å²) in [5.41, 5.74) is 12.2. The highest BCUT2D eigenvalue weighted by Gasteiger charge is 2.43. The van der Waals surface area contributed by atoms with Gasteiger partial charge in [0.1, 0.15) is 12.7 Å². The van der Waals surface area contributed by atoms with Gasteiger partial charge in [0.05, 0.1) is 36.0 Å². The molecule has 2 aliphatic carbocycles. The number of aromatic nitrogens is 3. The van der Waals surface area contributed by atoms with Gasteiger partial charge in [-0.05, 0) is 42.7 Å². The van der Waals surface area contributed by atoms with E-state index in [0.29, 0.717) is 17.7 Å². The lowest BCUT2D eigenvalue weighted by molar-refractivity contribution is -0.120. The van der Waals surface area contributed by atoms with Crippen LogP contribution in [0.3, 0.4) is 0 Å². The molecule has 2 unspecified atom stereocenters. The van der Waals surface area contributed by atoms with Crippen LogP contribution in [0.1, 0.15) is 74.5 Å². The van der Waals surface area contributed by atoms with Crippen LogP contribution in [0.15, 0.2) is 37.1 Å². The van der Waals surface area contributed by atoms with Gasteiger partial charge < -0.3 is 36.3 Å². The minimum absolute atomic E-state index is 0.0511. The lowest BCUT2D eigenvalue weighted by Gasteiger charge is -2.39. The molecule has 218 valence electrons. The van der Waals surface area contributed by atoms with Gasteiger partial charge >= 0.3 is 6.09 Å². The molecule has 7 N–H and O–H groups in total. The lowest BCUT2D eigenvalue weighted by atomic mass is 9.82. The van der Waals surface area contributed by atoms with E-state index < -0.39 is 48.0 Å². The average Bonchev–Trinajstić information content (AvgIpc) is 3.67. The summed E-state index contributed by atoms with van der Waals surface area (Å²) in [4.78, 5) is 50.8. The first kappa shape index (κ1) is 29.5. The van der Waals surface area contributed by atoms with Gasteiger partial charge in [-0.1, -0.05) is 38.2 Å². The fourth-order valence-electron chi connectivity index (χ4n) is 5.66. The molecule has 2 fully saturated rings. The fraction of sp³-hybridized carbons (Fsp3) is 0.607. The number of hydrogen-bond donors (Lipinski definition) is 5. The molecule has 0 aromatic carbocycles. The van der Waals surface area contributed by atoms with Crippen molar-refractivity contribution < 1.29 is 29.3 Å². The van der Waals surface area contributed by atoms with E-state index >= 15 is 0 Å². The maximum Gasteiger partial charge on any atom is 0.410 e. The number of H-pyrrole nitrogens is 1. The van der Waals surface area contributed by atoms with E-state index in [4.69, 9.17) is 16.2 Å². The van der Waals surface area contributed by atoms with Crippen molar-refractivity contribution >= 4 is 17.9 Å². The third-order valence-corrected chi connectivity index (χ3v) is 8.19. The predicted octanol–water partition coefficient (Wildman–Crippen LogP) is 1.55. The maximum absolute atomic E-state index is 13.8. The zero-order valence-electron chi connectivity index (χ0n) is 22.6. The highest BCUT2D eigenvalue weighted by molar-refractivity contribution is 5.83. The Labute approximate surface area is 233 Å². The van der Waals surface area contributed by atoms with Crippen LogP contribution in [-0.2, 0) is 14.3 Å². The summed E-state index contributed by atoms with van der Waals surface area (Å²) in [6.07, 6.45) is 9.93. The van der Waals surface area contributed by atoms with Crippen LogP contribution in [0.25, 0.3) is 0 Å². The van der Waals surface area contributed by atoms with Crippen LogP contribution < -0.4 is 11.5 Å². The number of carbonyl (C=O) groups excluding carboxylic acids is 3. The summed E-state index contributed by atoms with van der Waals surface area (Å²) < 4.78 is 5.64. The van der Waals surface area contributed by atoms with Gasteiger partial charge in [0.25, 0.3) is 0 Å². The fourth-order valence-corrected chi connectivity index (χ4v) is 5.66. The third kappa shape index (κ3) is 7.57. The average molecular weight is 557 g/mol. The molecule has 5 atom stereocenters. The number of nitrogens with zero attached hydrogens (tertiary/aromatic N) is 3. The van der Waals surface area contributed by atoms with Crippen LogP contribution in [-0.4, -0.2) is 79.4 Å². The van der Waals surface area contributed by atoms with Gasteiger partial charge in [0, 0.05) is 25.1 Å². The van der Waals surface area contributed by atoms with Crippen molar-refractivity contribution in [3.05, 3.63) is 48.3 Å². The molecule has 12 heteroatoms. The predicted molar refractivity (Wildman–Crippen MR) is 144 cm³/mol. The molecule has 4 rings (SSSR count). The van der Waals surface area contributed by atoms with Crippen molar-refractivity contribution in [2.45, 2.75) is 81.5 Å². The van der Waals surface area contributed by atoms with E-state index in [1.165, 1.54) is 23.6 Å². The van der Waals surface area contributed by atoms with Gasteiger partial charge in [-0.2, -0.15) is 0 Å². The van der Waals surface area contributed by atoms with Crippen LogP contribution in [0.4, 0.5) is 4.79 Å². The highest BCUT2D eigenvalue weighted by Crippen LogP contribution is 2.38. The Kier molecular flexibility index (Phi) is 10.1. The number of pyridine rings is 1. The van der Waals surface area contributed by atoms with Crippen LogP contribution in [0, 0.1) is 11.8 Å². The van der Waals surface area contributed by atoms with Crippen molar-refractivity contribution in [1.82, 2.24) is 19.9 Å². The summed E-state index contributed by atoms with van der Waals surface area (Å²) in [6.45, 7) is -0.587. The molecule has 2 aromatic heterocycles. The number of nitrogens with one attached hydrogen (secondary N) is 1. The number of imidazole rings is 1. The van der Waals surface area contributed by atoms with Crippen molar-refractivity contribution in [3.8, 4) is 0 Å². The number of amides is 3. The minimum atomic E-state index is -1.26. The molecular weight excluding hydrogens is 516 g/mol. The maximum atomic E-state index is 13.8. The largest absolute Gasteiger partial charge is 0.448 e. The molecule has 0 aliphatic heterocycles. The Morgan fingerprint density at radius 1 is 1.07 bits per heavy atom. The molecule has 2 aliphatic rings.